The fourth-order valence-electron chi connectivity index (χ4n) is 1.28. The Balaban J connectivity index is 3.03. The van der Waals surface area contributed by atoms with E-state index in [2.05, 4.69) is 0 Å². The van der Waals surface area contributed by atoms with Gasteiger partial charge >= 0.3 is 5.97 Å². The van der Waals surface area contributed by atoms with E-state index in [9.17, 15) is 9.90 Å². The van der Waals surface area contributed by atoms with Crippen molar-refractivity contribution in [3.8, 4) is 5.75 Å². The summed E-state index contributed by atoms with van der Waals surface area (Å²) in [5.41, 5.74) is 0.847. The predicted octanol–water partition coefficient (Wildman–Crippen LogP) is 3.26. The summed E-state index contributed by atoms with van der Waals surface area (Å²) in [4.78, 5) is 11.6. The van der Waals surface area contributed by atoms with Crippen LogP contribution in [0.4, 0.5) is 0 Å². The molecule has 0 spiro atoms. The van der Waals surface area contributed by atoms with Gasteiger partial charge in [-0.05, 0) is 29.2 Å². The lowest BCUT2D eigenvalue weighted by molar-refractivity contribution is -0.130. The number of hydrogen-bond acceptors (Lipinski definition) is 4. The van der Waals surface area contributed by atoms with Gasteiger partial charge in [-0.3, -0.25) is 4.79 Å². The third kappa shape index (κ3) is 3.45. The number of rotatable bonds is 2. The van der Waals surface area contributed by atoms with Crippen LogP contribution in [0, 0.1) is 0 Å². The van der Waals surface area contributed by atoms with Gasteiger partial charge in [0.2, 0.25) is 0 Å². The first-order valence-corrected chi connectivity index (χ1v) is 5.73. The van der Waals surface area contributed by atoms with Gasteiger partial charge in [0, 0.05) is 6.92 Å². The Bertz CT molecular complexity index is 394. The number of phenolic OH excluding ortho intramolecular Hbond substituents is 1. The smallest absolute Gasteiger partial charge is 0.315 e. The van der Waals surface area contributed by atoms with Gasteiger partial charge in [0.05, 0.1) is 16.9 Å². The van der Waals surface area contributed by atoms with Crippen LogP contribution < -0.4 is 0 Å². The van der Waals surface area contributed by atoms with Crippen molar-refractivity contribution in [1.82, 2.24) is 0 Å². The van der Waals surface area contributed by atoms with Crippen LogP contribution in [0.2, 0.25) is 0 Å². The maximum atomic E-state index is 10.8. The number of carbonyl (C=O) groups is 1. The fraction of sp³-hybridized carbons (Fsp3) is 0.417. The van der Waals surface area contributed by atoms with Crippen LogP contribution in [-0.2, 0) is 14.4 Å². The van der Waals surface area contributed by atoms with E-state index in [-0.39, 0.29) is 17.1 Å². The van der Waals surface area contributed by atoms with Crippen LogP contribution in [0.15, 0.2) is 23.1 Å². The molecular weight excluding hydrogens is 224 g/mol. The highest BCUT2D eigenvalue weighted by Crippen LogP contribution is 2.35. The van der Waals surface area contributed by atoms with Gasteiger partial charge in [-0.25, -0.2) is 0 Å². The summed E-state index contributed by atoms with van der Waals surface area (Å²) in [6, 6.07) is 5.04. The Morgan fingerprint density at radius 3 is 2.50 bits per heavy atom. The first-order chi connectivity index (χ1) is 7.30. The first kappa shape index (κ1) is 12.9. The predicted molar refractivity (Wildman–Crippen MR) is 64.4 cm³/mol. The minimum absolute atomic E-state index is 0.110. The molecule has 1 rings (SSSR count). The van der Waals surface area contributed by atoms with Crippen molar-refractivity contribution in [3.63, 3.8) is 0 Å². The molecule has 1 N–H and O–H groups in total. The molecule has 4 heteroatoms. The van der Waals surface area contributed by atoms with Crippen molar-refractivity contribution in [2.45, 2.75) is 38.0 Å². The number of phenols is 1. The molecule has 16 heavy (non-hydrogen) atoms. The Morgan fingerprint density at radius 1 is 1.38 bits per heavy atom. The molecule has 0 aliphatic carbocycles. The Kier molecular flexibility index (Phi) is 3.86. The second-order valence-corrected chi connectivity index (χ2v) is 5.36. The summed E-state index contributed by atoms with van der Waals surface area (Å²) in [7, 11) is 0. The molecule has 0 bridgehead atoms. The third-order valence-electron chi connectivity index (χ3n) is 2.02. The van der Waals surface area contributed by atoms with E-state index in [1.54, 1.807) is 18.2 Å². The van der Waals surface area contributed by atoms with Crippen LogP contribution in [-0.4, -0.2) is 11.1 Å². The molecule has 0 aliphatic rings. The largest absolute Gasteiger partial charge is 0.508 e. The topological polar surface area (TPSA) is 46.5 Å². The third-order valence-corrected chi connectivity index (χ3v) is 2.87. The van der Waals surface area contributed by atoms with Crippen molar-refractivity contribution in [2.75, 3.05) is 0 Å². The minimum Gasteiger partial charge on any atom is -0.508 e. The van der Waals surface area contributed by atoms with Crippen molar-refractivity contribution in [3.05, 3.63) is 23.8 Å². The summed E-state index contributed by atoms with van der Waals surface area (Å²) >= 11 is 1.03. The second kappa shape index (κ2) is 4.78. The van der Waals surface area contributed by atoms with Gasteiger partial charge in [0.25, 0.3) is 0 Å². The molecule has 0 saturated heterocycles. The SMILES string of the molecule is CC(=O)OSc1ccc(O)cc1C(C)(C)C. The van der Waals surface area contributed by atoms with Crippen LogP contribution in [0.25, 0.3) is 0 Å². The first-order valence-electron chi connectivity index (χ1n) is 4.99. The van der Waals surface area contributed by atoms with Gasteiger partial charge in [0.15, 0.2) is 0 Å². The molecule has 88 valence electrons. The van der Waals surface area contributed by atoms with E-state index >= 15 is 0 Å². The highest BCUT2D eigenvalue weighted by Gasteiger charge is 2.19. The van der Waals surface area contributed by atoms with Gasteiger partial charge in [-0.1, -0.05) is 20.8 Å². The lowest BCUT2D eigenvalue weighted by atomic mass is 9.87. The van der Waals surface area contributed by atoms with Crippen molar-refractivity contribution < 1.29 is 14.1 Å². The molecule has 3 nitrogen and oxygen atoms in total. The van der Waals surface area contributed by atoms with E-state index < -0.39 is 0 Å². The normalized spacial score (nSPS) is 11.2. The minimum atomic E-state index is -0.335. The van der Waals surface area contributed by atoms with Gasteiger partial charge in [0.1, 0.15) is 5.75 Å². The highest BCUT2D eigenvalue weighted by atomic mass is 32.2. The number of carbonyl (C=O) groups excluding carboxylic acids is 1. The molecule has 0 fully saturated rings. The summed E-state index contributed by atoms with van der Waals surface area (Å²) in [5.74, 6) is -0.116. The fourth-order valence-corrected chi connectivity index (χ4v) is 2.07. The van der Waals surface area contributed by atoms with Crippen LogP contribution >= 0.6 is 12.0 Å². The molecule has 0 amide bonds. The van der Waals surface area contributed by atoms with E-state index in [1.165, 1.54) is 6.92 Å². The van der Waals surface area contributed by atoms with Crippen molar-refractivity contribution in [2.24, 2.45) is 0 Å². The molecule has 0 unspecified atom stereocenters. The Morgan fingerprint density at radius 2 is 2.00 bits per heavy atom. The second-order valence-electron chi connectivity index (χ2n) is 4.59. The van der Waals surface area contributed by atoms with Crippen LogP contribution in [0.5, 0.6) is 5.75 Å². The van der Waals surface area contributed by atoms with E-state index in [0.29, 0.717) is 0 Å². The summed E-state index contributed by atoms with van der Waals surface area (Å²) < 4.78 is 4.90. The zero-order chi connectivity index (χ0) is 12.3. The Hall–Kier alpha value is -1.16. The van der Waals surface area contributed by atoms with Crippen LogP contribution in [0.3, 0.4) is 0 Å². The van der Waals surface area contributed by atoms with E-state index in [1.807, 2.05) is 20.8 Å². The maximum absolute atomic E-state index is 10.8. The molecule has 1 aromatic carbocycles. The van der Waals surface area contributed by atoms with Crippen molar-refractivity contribution >= 4 is 18.0 Å². The zero-order valence-corrected chi connectivity index (χ0v) is 10.7. The molecule has 0 heterocycles. The summed E-state index contributed by atoms with van der Waals surface area (Å²) in [6.45, 7) is 7.49. The maximum Gasteiger partial charge on any atom is 0.315 e. The van der Waals surface area contributed by atoms with E-state index in [4.69, 9.17) is 4.18 Å². The standard InChI is InChI=1S/C12H16O3S/c1-8(13)15-16-11-6-5-9(14)7-10(11)12(2,3)4/h5-7,14H,1-4H3. The summed E-state index contributed by atoms with van der Waals surface area (Å²) in [5, 5.41) is 9.46. The monoisotopic (exact) mass is 240 g/mol. The molecule has 1 aromatic rings. The Labute approximate surface area is 100 Å². The van der Waals surface area contributed by atoms with Gasteiger partial charge in [-0.2, -0.15) is 0 Å². The molecule has 0 radical (unpaired) electrons. The molecule has 0 saturated carbocycles. The molecule has 0 aromatic heterocycles. The quantitative estimate of drug-likeness (QED) is 0.806. The average Bonchev–Trinajstić information content (AvgIpc) is 2.14. The lowest BCUT2D eigenvalue weighted by Crippen LogP contribution is -2.12. The molecular formula is C12H16O3S. The molecule has 0 atom stereocenters. The lowest BCUT2D eigenvalue weighted by Gasteiger charge is -2.22. The van der Waals surface area contributed by atoms with Crippen LogP contribution in [0.1, 0.15) is 33.3 Å². The van der Waals surface area contributed by atoms with E-state index in [0.717, 1.165) is 22.5 Å². The van der Waals surface area contributed by atoms with Crippen molar-refractivity contribution in [1.29, 1.82) is 0 Å². The number of benzene rings is 1. The van der Waals surface area contributed by atoms with Gasteiger partial charge < -0.3 is 9.29 Å². The molecule has 0 aliphatic heterocycles. The highest BCUT2D eigenvalue weighted by molar-refractivity contribution is 7.95. The summed E-state index contributed by atoms with van der Waals surface area (Å²) in [6.07, 6.45) is 0. The average molecular weight is 240 g/mol. The number of hydrogen-bond donors (Lipinski definition) is 1. The van der Waals surface area contributed by atoms with Gasteiger partial charge in [-0.15, -0.1) is 0 Å². The number of aromatic hydroxyl groups is 1. The zero-order valence-electron chi connectivity index (χ0n) is 9.90.